The number of alkyl carbamates (subject to hydrolysis) is 1. The minimum absolute atomic E-state index is 0.148. The Morgan fingerprint density at radius 1 is 1.22 bits per heavy atom. The van der Waals surface area contributed by atoms with Crippen molar-refractivity contribution in [2.45, 2.75) is 39.2 Å². The number of anilines is 2. The van der Waals surface area contributed by atoms with E-state index in [4.69, 9.17) is 4.98 Å². The van der Waals surface area contributed by atoms with Crippen LogP contribution >= 0.6 is 11.3 Å². The van der Waals surface area contributed by atoms with Gasteiger partial charge in [0.05, 0.1) is 40.3 Å². The normalized spacial score (nSPS) is 12.6. The van der Waals surface area contributed by atoms with E-state index < -0.39 is 21.9 Å². The van der Waals surface area contributed by atoms with Gasteiger partial charge >= 0.3 is 6.09 Å². The molecule has 2 heterocycles. The van der Waals surface area contributed by atoms with Gasteiger partial charge in [0.15, 0.2) is 5.82 Å². The van der Waals surface area contributed by atoms with E-state index in [1.165, 1.54) is 24.5 Å². The van der Waals surface area contributed by atoms with Crippen molar-refractivity contribution in [3.63, 3.8) is 0 Å². The van der Waals surface area contributed by atoms with E-state index in [9.17, 15) is 13.2 Å². The van der Waals surface area contributed by atoms with Gasteiger partial charge in [-0.05, 0) is 25.1 Å². The molecule has 0 bridgehead atoms. The second-order valence-electron chi connectivity index (χ2n) is 9.17. The molecule has 3 aromatic rings. The predicted octanol–water partition coefficient (Wildman–Crippen LogP) is 4.23. The molecular formula is C23H29FN6O4S2. The molecule has 1 amide bonds. The molecule has 0 saturated heterocycles. The largest absolute Gasteiger partial charge is 0.453 e. The molecule has 0 aliphatic rings. The van der Waals surface area contributed by atoms with Crippen LogP contribution in [0.25, 0.3) is 21.8 Å². The van der Waals surface area contributed by atoms with Gasteiger partial charge in [-0.1, -0.05) is 26.8 Å². The molecule has 1 atom stereocenters. The number of benzene rings is 1. The molecule has 1 aromatic carbocycles. The maximum Gasteiger partial charge on any atom is 0.407 e. The van der Waals surface area contributed by atoms with Gasteiger partial charge < -0.3 is 15.4 Å². The van der Waals surface area contributed by atoms with E-state index in [-0.39, 0.29) is 22.7 Å². The fraction of sp³-hybridized carbons (Fsp3) is 0.391. The number of carbonyl (C=O) groups is 1. The van der Waals surface area contributed by atoms with Gasteiger partial charge in [0.1, 0.15) is 0 Å². The Morgan fingerprint density at radius 3 is 2.58 bits per heavy atom. The zero-order chi connectivity index (χ0) is 26.7. The summed E-state index contributed by atoms with van der Waals surface area (Å²) in [5.74, 6) is -0.416. The van der Waals surface area contributed by atoms with Crippen LogP contribution in [-0.4, -0.2) is 55.4 Å². The van der Waals surface area contributed by atoms with Crippen molar-refractivity contribution >= 4 is 39.1 Å². The summed E-state index contributed by atoms with van der Waals surface area (Å²) >= 11 is 1.38. The third kappa shape index (κ3) is 6.88. The predicted molar refractivity (Wildman–Crippen MR) is 139 cm³/mol. The number of ether oxygens (including phenoxy) is 1. The Balaban J connectivity index is 2.02. The van der Waals surface area contributed by atoms with Gasteiger partial charge in [0.2, 0.25) is 16.0 Å². The number of nitrogens with zero attached hydrogens (tertiary/aromatic N) is 3. The smallest absolute Gasteiger partial charge is 0.407 e. The van der Waals surface area contributed by atoms with Crippen molar-refractivity contribution in [1.82, 2.24) is 20.3 Å². The number of hydrogen-bond acceptors (Lipinski definition) is 9. The standard InChI is InChI=1S/C23H29FN6O4S2/c1-13(27-22(31)34-5)12-26-21-25-11-10-16(28-21)19-18(29-20(35-19)23(2,3)4)14-8-7-9-15(17(14)24)30-36(6,32)33/h7-11,13,30H,12H2,1-6H3,(H,27,31)(H,25,26,28). The van der Waals surface area contributed by atoms with Crippen molar-refractivity contribution in [1.29, 1.82) is 0 Å². The summed E-state index contributed by atoms with van der Waals surface area (Å²) < 4.78 is 45.7. The van der Waals surface area contributed by atoms with Crippen LogP contribution in [0.4, 0.5) is 20.8 Å². The van der Waals surface area contributed by atoms with E-state index in [1.807, 2.05) is 20.8 Å². The SMILES string of the molecule is COC(=O)NC(C)CNc1nccc(-c2sc(C(C)(C)C)nc2-c2cccc(NS(C)(=O)=O)c2F)n1. The van der Waals surface area contributed by atoms with Crippen molar-refractivity contribution in [3.8, 4) is 21.8 Å². The molecular weight excluding hydrogens is 507 g/mol. The Morgan fingerprint density at radius 2 is 1.94 bits per heavy atom. The van der Waals surface area contributed by atoms with Crippen LogP contribution in [-0.2, 0) is 20.2 Å². The molecule has 194 valence electrons. The van der Waals surface area contributed by atoms with E-state index >= 15 is 4.39 Å². The van der Waals surface area contributed by atoms with Gasteiger partial charge in [-0.25, -0.2) is 32.6 Å². The van der Waals surface area contributed by atoms with Crippen molar-refractivity contribution in [2.75, 3.05) is 29.9 Å². The lowest BCUT2D eigenvalue weighted by Crippen LogP contribution is -2.37. The highest BCUT2D eigenvalue weighted by Gasteiger charge is 2.26. The van der Waals surface area contributed by atoms with Gasteiger partial charge in [0.25, 0.3) is 0 Å². The molecule has 0 aliphatic carbocycles. The topological polar surface area (TPSA) is 135 Å². The minimum atomic E-state index is -3.68. The van der Waals surface area contributed by atoms with Gasteiger partial charge in [-0.15, -0.1) is 11.3 Å². The number of thiazole rings is 1. The molecule has 10 nitrogen and oxygen atoms in total. The summed E-state index contributed by atoms with van der Waals surface area (Å²) in [5.41, 5.74) is 0.535. The van der Waals surface area contributed by atoms with Crippen LogP contribution in [0.2, 0.25) is 0 Å². The number of carbonyl (C=O) groups excluding carboxylic acids is 1. The van der Waals surface area contributed by atoms with E-state index in [1.54, 1.807) is 31.3 Å². The molecule has 3 rings (SSSR count). The molecule has 0 spiro atoms. The van der Waals surface area contributed by atoms with Crippen LogP contribution in [0.15, 0.2) is 30.5 Å². The first-order chi connectivity index (χ1) is 16.8. The molecule has 36 heavy (non-hydrogen) atoms. The number of nitrogens with one attached hydrogen (secondary N) is 3. The minimum Gasteiger partial charge on any atom is -0.453 e. The lowest BCUT2D eigenvalue weighted by atomic mass is 9.98. The number of halogens is 1. The number of aromatic nitrogens is 3. The van der Waals surface area contributed by atoms with Gasteiger partial charge in [0, 0.05) is 29.8 Å². The molecule has 2 aromatic heterocycles. The lowest BCUT2D eigenvalue weighted by molar-refractivity contribution is 0.168. The van der Waals surface area contributed by atoms with Crippen molar-refractivity contribution < 1.29 is 22.3 Å². The number of rotatable bonds is 8. The molecule has 0 aliphatic heterocycles. The number of amides is 1. The summed E-state index contributed by atoms with van der Waals surface area (Å²) in [6.45, 7) is 8.14. The Hall–Kier alpha value is -3.32. The highest BCUT2D eigenvalue weighted by atomic mass is 32.2. The van der Waals surface area contributed by atoms with Crippen molar-refractivity contribution in [2.24, 2.45) is 0 Å². The molecule has 3 N–H and O–H groups in total. The fourth-order valence-electron chi connectivity index (χ4n) is 3.12. The third-order valence-corrected chi connectivity index (χ3v) is 6.92. The van der Waals surface area contributed by atoms with Gasteiger partial charge in [-0.3, -0.25) is 4.72 Å². The first-order valence-electron chi connectivity index (χ1n) is 11.0. The highest BCUT2D eigenvalue weighted by molar-refractivity contribution is 7.92. The summed E-state index contributed by atoms with van der Waals surface area (Å²) in [4.78, 5) is 25.5. The zero-order valence-electron chi connectivity index (χ0n) is 20.8. The lowest BCUT2D eigenvalue weighted by Gasteiger charge is -2.14. The van der Waals surface area contributed by atoms with Crippen molar-refractivity contribution in [3.05, 3.63) is 41.3 Å². The zero-order valence-corrected chi connectivity index (χ0v) is 22.5. The highest BCUT2D eigenvalue weighted by Crippen LogP contribution is 2.41. The Kier molecular flexibility index (Phi) is 8.14. The number of sulfonamides is 1. The van der Waals surface area contributed by atoms with E-state index in [2.05, 4.69) is 30.1 Å². The Labute approximate surface area is 213 Å². The van der Waals surface area contributed by atoms with Crippen LogP contribution in [0.5, 0.6) is 0 Å². The average molecular weight is 537 g/mol. The molecule has 13 heteroatoms. The van der Waals surface area contributed by atoms with Crippen LogP contribution in [0.3, 0.4) is 0 Å². The Bertz CT molecular complexity index is 1350. The maximum atomic E-state index is 15.5. The van der Waals surface area contributed by atoms with E-state index in [0.29, 0.717) is 28.8 Å². The third-order valence-electron chi connectivity index (χ3n) is 4.82. The van der Waals surface area contributed by atoms with Gasteiger partial charge in [-0.2, -0.15) is 0 Å². The average Bonchev–Trinajstić information content (AvgIpc) is 3.24. The van der Waals surface area contributed by atoms with Crippen LogP contribution in [0.1, 0.15) is 32.7 Å². The molecule has 1 unspecified atom stereocenters. The number of methoxy groups -OCH3 is 1. The molecule has 0 radical (unpaired) electrons. The maximum absolute atomic E-state index is 15.5. The summed E-state index contributed by atoms with van der Waals surface area (Å²) in [7, 11) is -2.39. The summed E-state index contributed by atoms with van der Waals surface area (Å²) in [5, 5.41) is 6.48. The van der Waals surface area contributed by atoms with E-state index in [0.717, 1.165) is 11.3 Å². The quantitative estimate of drug-likeness (QED) is 0.389. The second kappa shape index (κ2) is 10.7. The summed E-state index contributed by atoms with van der Waals surface area (Å²) in [6, 6.07) is 5.91. The molecule has 0 fully saturated rings. The first kappa shape index (κ1) is 27.3. The first-order valence-corrected chi connectivity index (χ1v) is 13.7. The van der Waals surface area contributed by atoms with Crippen LogP contribution < -0.4 is 15.4 Å². The molecule has 0 saturated carbocycles. The number of hydrogen-bond donors (Lipinski definition) is 3. The monoisotopic (exact) mass is 536 g/mol. The fourth-order valence-corrected chi connectivity index (χ4v) is 4.78. The summed E-state index contributed by atoms with van der Waals surface area (Å²) in [6.07, 6.45) is 1.99. The second-order valence-corrected chi connectivity index (χ2v) is 11.9. The van der Waals surface area contributed by atoms with Crippen LogP contribution in [0, 0.1) is 5.82 Å².